The number of amides is 2. The van der Waals surface area contributed by atoms with Crippen molar-refractivity contribution < 1.29 is 14.0 Å². The van der Waals surface area contributed by atoms with Crippen LogP contribution in [0, 0.1) is 5.82 Å². The van der Waals surface area contributed by atoms with Crippen molar-refractivity contribution in [3.05, 3.63) is 35.5 Å². The normalized spacial score (nSPS) is 10.2. The first-order chi connectivity index (χ1) is 10.0. The topological polar surface area (TPSA) is 71.1 Å². The van der Waals surface area contributed by atoms with Gasteiger partial charge in [-0.3, -0.25) is 9.59 Å². The van der Waals surface area contributed by atoms with Gasteiger partial charge < -0.3 is 10.6 Å². The molecule has 0 fully saturated rings. The third-order valence-electron chi connectivity index (χ3n) is 2.60. The summed E-state index contributed by atoms with van der Waals surface area (Å²) in [6, 6.07) is 6.11. The minimum absolute atomic E-state index is 0.175. The maximum atomic E-state index is 13.1. The molecule has 7 heteroatoms. The lowest BCUT2D eigenvalue weighted by molar-refractivity contribution is -0.119. The number of anilines is 1. The molecule has 2 rings (SSSR count). The summed E-state index contributed by atoms with van der Waals surface area (Å²) >= 11 is 1.27. The molecule has 1 heterocycles. The Morgan fingerprint density at radius 3 is 2.90 bits per heavy atom. The van der Waals surface area contributed by atoms with Crippen LogP contribution in [-0.4, -0.2) is 23.3 Å². The molecule has 1 aromatic heterocycles. The smallest absolute Gasteiger partial charge is 0.227 e. The van der Waals surface area contributed by atoms with E-state index in [1.165, 1.54) is 30.4 Å². The number of halogens is 1. The van der Waals surface area contributed by atoms with Crippen LogP contribution in [0.2, 0.25) is 0 Å². The quantitative estimate of drug-likeness (QED) is 0.891. The standard InChI is InChI=1S/C14H14FN3O2S/c1-9(19)16-6-5-13(20)18-14-17-12(8-21-14)10-3-2-4-11(15)7-10/h2-4,7-8H,5-6H2,1H3,(H,16,19)(H,17,18,20). The van der Waals surface area contributed by atoms with Gasteiger partial charge >= 0.3 is 0 Å². The summed E-state index contributed by atoms with van der Waals surface area (Å²) < 4.78 is 13.1. The van der Waals surface area contributed by atoms with E-state index in [9.17, 15) is 14.0 Å². The molecule has 0 aliphatic rings. The molecule has 1 aromatic carbocycles. The fourth-order valence-corrected chi connectivity index (χ4v) is 2.38. The fourth-order valence-electron chi connectivity index (χ4n) is 1.65. The minimum atomic E-state index is -0.332. The maximum Gasteiger partial charge on any atom is 0.227 e. The van der Waals surface area contributed by atoms with Crippen LogP contribution < -0.4 is 10.6 Å². The number of nitrogens with zero attached hydrogens (tertiary/aromatic N) is 1. The molecule has 0 atom stereocenters. The highest BCUT2D eigenvalue weighted by atomic mass is 32.1. The number of benzene rings is 1. The minimum Gasteiger partial charge on any atom is -0.356 e. The van der Waals surface area contributed by atoms with Gasteiger partial charge in [0.15, 0.2) is 5.13 Å². The van der Waals surface area contributed by atoms with E-state index in [0.717, 1.165) is 0 Å². The van der Waals surface area contributed by atoms with Gasteiger partial charge in [-0.25, -0.2) is 9.37 Å². The van der Waals surface area contributed by atoms with Gasteiger partial charge in [-0.05, 0) is 12.1 Å². The second kappa shape index (κ2) is 6.94. The van der Waals surface area contributed by atoms with Gasteiger partial charge in [0.2, 0.25) is 11.8 Å². The van der Waals surface area contributed by atoms with Crippen molar-refractivity contribution in [1.29, 1.82) is 0 Å². The molecule has 0 saturated carbocycles. The van der Waals surface area contributed by atoms with Crippen LogP contribution in [0.25, 0.3) is 11.3 Å². The highest BCUT2D eigenvalue weighted by Gasteiger charge is 2.08. The Labute approximate surface area is 125 Å². The van der Waals surface area contributed by atoms with Gasteiger partial charge in [-0.15, -0.1) is 11.3 Å². The molecule has 2 aromatic rings. The monoisotopic (exact) mass is 307 g/mol. The summed E-state index contributed by atoms with van der Waals surface area (Å²) in [5.74, 6) is -0.740. The van der Waals surface area contributed by atoms with Gasteiger partial charge in [-0.1, -0.05) is 12.1 Å². The number of thiazole rings is 1. The van der Waals surface area contributed by atoms with Crippen molar-refractivity contribution in [2.75, 3.05) is 11.9 Å². The first kappa shape index (κ1) is 15.1. The summed E-state index contributed by atoms with van der Waals surface area (Å²) in [6.07, 6.45) is 0.175. The molecular weight excluding hydrogens is 293 g/mol. The first-order valence-corrected chi connectivity index (χ1v) is 7.18. The lowest BCUT2D eigenvalue weighted by atomic mass is 10.2. The number of aromatic nitrogens is 1. The molecule has 0 bridgehead atoms. The average Bonchev–Trinajstić information content (AvgIpc) is 2.86. The van der Waals surface area contributed by atoms with Gasteiger partial charge in [0.05, 0.1) is 5.69 Å². The number of carbonyl (C=O) groups is 2. The zero-order chi connectivity index (χ0) is 15.2. The Kier molecular flexibility index (Phi) is 4.99. The lowest BCUT2D eigenvalue weighted by Gasteiger charge is -2.02. The second-order valence-electron chi connectivity index (χ2n) is 4.33. The van der Waals surface area contributed by atoms with E-state index in [-0.39, 0.29) is 30.6 Å². The van der Waals surface area contributed by atoms with E-state index >= 15 is 0 Å². The van der Waals surface area contributed by atoms with Crippen molar-refractivity contribution in [2.24, 2.45) is 0 Å². The van der Waals surface area contributed by atoms with E-state index in [1.807, 2.05) is 0 Å². The molecule has 0 unspecified atom stereocenters. The molecule has 0 spiro atoms. The van der Waals surface area contributed by atoms with E-state index in [1.54, 1.807) is 17.5 Å². The average molecular weight is 307 g/mol. The van der Waals surface area contributed by atoms with Crippen LogP contribution >= 0.6 is 11.3 Å². The molecule has 0 radical (unpaired) electrons. The summed E-state index contributed by atoms with van der Waals surface area (Å²) in [7, 11) is 0. The third kappa shape index (κ3) is 4.64. The Morgan fingerprint density at radius 1 is 1.38 bits per heavy atom. The van der Waals surface area contributed by atoms with Crippen LogP contribution in [0.15, 0.2) is 29.6 Å². The van der Waals surface area contributed by atoms with Crippen LogP contribution in [0.4, 0.5) is 9.52 Å². The predicted molar refractivity (Wildman–Crippen MR) is 79.4 cm³/mol. The van der Waals surface area contributed by atoms with E-state index in [4.69, 9.17) is 0 Å². The zero-order valence-electron chi connectivity index (χ0n) is 11.4. The van der Waals surface area contributed by atoms with E-state index < -0.39 is 0 Å². The Hall–Kier alpha value is -2.28. The van der Waals surface area contributed by atoms with E-state index in [0.29, 0.717) is 16.4 Å². The third-order valence-corrected chi connectivity index (χ3v) is 3.35. The molecule has 21 heavy (non-hydrogen) atoms. The van der Waals surface area contributed by atoms with Crippen LogP contribution in [0.1, 0.15) is 13.3 Å². The van der Waals surface area contributed by atoms with Crippen molar-refractivity contribution in [2.45, 2.75) is 13.3 Å². The Bertz CT molecular complexity index is 657. The van der Waals surface area contributed by atoms with Gasteiger partial charge in [0, 0.05) is 30.8 Å². The van der Waals surface area contributed by atoms with Gasteiger partial charge in [0.1, 0.15) is 5.82 Å². The summed E-state index contributed by atoms with van der Waals surface area (Å²) in [5.41, 5.74) is 1.27. The van der Waals surface area contributed by atoms with E-state index in [2.05, 4.69) is 15.6 Å². The maximum absolute atomic E-state index is 13.1. The summed E-state index contributed by atoms with van der Waals surface area (Å²) in [6.45, 7) is 1.67. The molecule has 5 nitrogen and oxygen atoms in total. The summed E-state index contributed by atoms with van der Waals surface area (Å²) in [4.78, 5) is 26.6. The molecule has 2 N–H and O–H groups in total. The largest absolute Gasteiger partial charge is 0.356 e. The number of rotatable bonds is 5. The number of nitrogens with one attached hydrogen (secondary N) is 2. The van der Waals surface area contributed by atoms with Crippen LogP contribution in [0.3, 0.4) is 0 Å². The van der Waals surface area contributed by atoms with Gasteiger partial charge in [-0.2, -0.15) is 0 Å². The molecule has 2 amide bonds. The lowest BCUT2D eigenvalue weighted by Crippen LogP contribution is -2.25. The van der Waals surface area contributed by atoms with Crippen molar-refractivity contribution in [3.8, 4) is 11.3 Å². The summed E-state index contributed by atoms with van der Waals surface area (Å²) in [5, 5.41) is 7.38. The Morgan fingerprint density at radius 2 is 2.19 bits per heavy atom. The predicted octanol–water partition coefficient (Wildman–Crippen LogP) is 2.41. The van der Waals surface area contributed by atoms with Crippen molar-refractivity contribution >= 4 is 28.3 Å². The van der Waals surface area contributed by atoms with Gasteiger partial charge in [0.25, 0.3) is 0 Å². The number of hydrogen-bond acceptors (Lipinski definition) is 4. The van der Waals surface area contributed by atoms with Crippen LogP contribution in [0.5, 0.6) is 0 Å². The number of hydrogen-bond donors (Lipinski definition) is 2. The SMILES string of the molecule is CC(=O)NCCC(=O)Nc1nc(-c2cccc(F)c2)cs1. The highest BCUT2D eigenvalue weighted by Crippen LogP contribution is 2.25. The first-order valence-electron chi connectivity index (χ1n) is 6.30. The molecule has 110 valence electrons. The zero-order valence-corrected chi connectivity index (χ0v) is 12.2. The molecule has 0 aliphatic carbocycles. The van der Waals surface area contributed by atoms with Crippen molar-refractivity contribution in [1.82, 2.24) is 10.3 Å². The Balaban J connectivity index is 1.94. The molecule has 0 aliphatic heterocycles. The fraction of sp³-hybridized carbons (Fsp3) is 0.214. The van der Waals surface area contributed by atoms with Crippen LogP contribution in [-0.2, 0) is 9.59 Å². The molecule has 0 saturated heterocycles. The highest BCUT2D eigenvalue weighted by molar-refractivity contribution is 7.14. The molecular formula is C14H14FN3O2S. The second-order valence-corrected chi connectivity index (χ2v) is 5.19. The van der Waals surface area contributed by atoms with Crippen molar-refractivity contribution in [3.63, 3.8) is 0 Å². The number of carbonyl (C=O) groups excluding carboxylic acids is 2.